The molecule has 1 aliphatic heterocycles. The Morgan fingerprint density at radius 1 is 1.22 bits per heavy atom. The lowest BCUT2D eigenvalue weighted by molar-refractivity contribution is -0.141. The predicted molar refractivity (Wildman–Crippen MR) is 67.7 cm³/mol. The Morgan fingerprint density at radius 3 is 2.44 bits per heavy atom. The average Bonchev–Trinajstić information content (AvgIpc) is 2.98. The number of hydrogen-bond acceptors (Lipinski definition) is 3. The van der Waals surface area contributed by atoms with Crippen LogP contribution in [0, 0.1) is 11.8 Å². The normalized spacial score (nSPS) is 26.8. The van der Waals surface area contributed by atoms with Gasteiger partial charge in [0.15, 0.2) is 0 Å². The van der Waals surface area contributed by atoms with Crippen molar-refractivity contribution in [2.75, 3.05) is 18.8 Å². The van der Waals surface area contributed by atoms with Crippen LogP contribution in [0.15, 0.2) is 0 Å². The first-order valence-corrected chi connectivity index (χ1v) is 8.30. The van der Waals surface area contributed by atoms with E-state index in [1.54, 1.807) is 0 Å². The fourth-order valence-electron chi connectivity index (χ4n) is 2.93. The molecule has 6 heteroatoms. The maximum atomic E-state index is 12.1. The zero-order valence-corrected chi connectivity index (χ0v) is 11.4. The van der Waals surface area contributed by atoms with E-state index >= 15 is 0 Å². The molecule has 5 nitrogen and oxygen atoms in total. The minimum Gasteiger partial charge on any atom is -0.481 e. The second-order valence-electron chi connectivity index (χ2n) is 5.44. The van der Waals surface area contributed by atoms with Crippen LogP contribution in [0.3, 0.4) is 0 Å². The maximum absolute atomic E-state index is 12.1. The van der Waals surface area contributed by atoms with E-state index < -0.39 is 21.9 Å². The molecule has 0 aromatic carbocycles. The van der Waals surface area contributed by atoms with Crippen molar-refractivity contribution in [2.24, 2.45) is 11.8 Å². The Balaban J connectivity index is 1.85. The number of nitrogens with zero attached hydrogens (tertiary/aromatic N) is 1. The highest BCUT2D eigenvalue weighted by molar-refractivity contribution is 7.89. The summed E-state index contributed by atoms with van der Waals surface area (Å²) in [6, 6.07) is 0. The number of carboxylic acid groups (broad SMARTS) is 1. The lowest BCUT2D eigenvalue weighted by Gasteiger charge is -2.17. The highest BCUT2D eigenvalue weighted by Crippen LogP contribution is 2.29. The SMILES string of the molecule is O=C(O)C1CCN(S(=O)(=O)CCC2CCCC2)C1. The van der Waals surface area contributed by atoms with Gasteiger partial charge in [-0.2, -0.15) is 0 Å². The van der Waals surface area contributed by atoms with Crippen LogP contribution in [0.2, 0.25) is 0 Å². The Labute approximate surface area is 108 Å². The van der Waals surface area contributed by atoms with Crippen LogP contribution in [0.4, 0.5) is 0 Å². The first kappa shape index (κ1) is 13.8. The van der Waals surface area contributed by atoms with Gasteiger partial charge in [0.05, 0.1) is 11.7 Å². The van der Waals surface area contributed by atoms with E-state index in [-0.39, 0.29) is 12.3 Å². The molecule has 0 bridgehead atoms. The standard InChI is InChI=1S/C12H21NO4S/c14-12(15)11-5-7-13(9-11)18(16,17)8-6-10-3-1-2-4-10/h10-11H,1-9H2,(H,14,15). The van der Waals surface area contributed by atoms with E-state index in [4.69, 9.17) is 5.11 Å². The van der Waals surface area contributed by atoms with Crippen LogP contribution in [-0.4, -0.2) is 42.6 Å². The minimum atomic E-state index is -3.24. The van der Waals surface area contributed by atoms with Gasteiger partial charge in [-0.25, -0.2) is 12.7 Å². The topological polar surface area (TPSA) is 74.7 Å². The van der Waals surface area contributed by atoms with Crippen molar-refractivity contribution in [1.29, 1.82) is 0 Å². The number of aliphatic carboxylic acids is 1. The third-order valence-corrected chi connectivity index (χ3v) is 6.02. The first-order valence-electron chi connectivity index (χ1n) is 6.69. The second kappa shape index (κ2) is 5.57. The van der Waals surface area contributed by atoms with Crippen molar-refractivity contribution in [3.05, 3.63) is 0 Å². The summed E-state index contributed by atoms with van der Waals surface area (Å²) in [5.74, 6) is -0.670. The molecule has 18 heavy (non-hydrogen) atoms. The van der Waals surface area contributed by atoms with Crippen molar-refractivity contribution < 1.29 is 18.3 Å². The summed E-state index contributed by atoms with van der Waals surface area (Å²) in [7, 11) is -3.24. The highest BCUT2D eigenvalue weighted by Gasteiger charge is 2.35. The Bertz CT molecular complexity index is 400. The monoisotopic (exact) mass is 275 g/mol. The lowest BCUT2D eigenvalue weighted by atomic mass is 10.1. The van der Waals surface area contributed by atoms with Gasteiger partial charge >= 0.3 is 5.97 Å². The van der Waals surface area contributed by atoms with E-state index in [0.29, 0.717) is 18.9 Å². The summed E-state index contributed by atoms with van der Waals surface area (Å²) in [5.41, 5.74) is 0. The molecule has 1 unspecified atom stereocenters. The predicted octanol–water partition coefficient (Wildman–Crippen LogP) is 1.30. The van der Waals surface area contributed by atoms with Gasteiger partial charge in [0.25, 0.3) is 0 Å². The van der Waals surface area contributed by atoms with Gasteiger partial charge in [-0.15, -0.1) is 0 Å². The van der Waals surface area contributed by atoms with Crippen molar-refractivity contribution in [3.63, 3.8) is 0 Å². The van der Waals surface area contributed by atoms with E-state index in [1.165, 1.54) is 17.1 Å². The van der Waals surface area contributed by atoms with Crippen molar-refractivity contribution in [1.82, 2.24) is 4.31 Å². The molecular weight excluding hydrogens is 254 g/mol. The summed E-state index contributed by atoms with van der Waals surface area (Å²) >= 11 is 0. The van der Waals surface area contributed by atoms with Gasteiger partial charge in [0, 0.05) is 13.1 Å². The third-order valence-electron chi connectivity index (χ3n) is 4.15. The van der Waals surface area contributed by atoms with Gasteiger partial charge in [-0.05, 0) is 18.8 Å². The highest BCUT2D eigenvalue weighted by atomic mass is 32.2. The maximum Gasteiger partial charge on any atom is 0.307 e. The minimum absolute atomic E-state index is 0.155. The quantitative estimate of drug-likeness (QED) is 0.820. The van der Waals surface area contributed by atoms with Crippen LogP contribution in [0.25, 0.3) is 0 Å². The fraction of sp³-hybridized carbons (Fsp3) is 0.917. The van der Waals surface area contributed by atoms with Crippen molar-refractivity contribution in [3.8, 4) is 0 Å². The van der Waals surface area contributed by atoms with Crippen LogP contribution < -0.4 is 0 Å². The van der Waals surface area contributed by atoms with Gasteiger partial charge in [-0.1, -0.05) is 25.7 Å². The molecule has 2 fully saturated rings. The van der Waals surface area contributed by atoms with Gasteiger partial charge in [-0.3, -0.25) is 4.79 Å². The van der Waals surface area contributed by atoms with Crippen molar-refractivity contribution >= 4 is 16.0 Å². The molecule has 0 radical (unpaired) electrons. The number of hydrogen-bond donors (Lipinski definition) is 1. The van der Waals surface area contributed by atoms with E-state index in [2.05, 4.69) is 0 Å². The van der Waals surface area contributed by atoms with Gasteiger partial charge in [0.1, 0.15) is 0 Å². The lowest BCUT2D eigenvalue weighted by Crippen LogP contribution is -2.32. The molecule has 0 aromatic heterocycles. The van der Waals surface area contributed by atoms with Gasteiger partial charge < -0.3 is 5.11 Å². The molecule has 0 spiro atoms. The summed E-state index contributed by atoms with van der Waals surface area (Å²) in [6.45, 7) is 0.520. The Morgan fingerprint density at radius 2 is 1.89 bits per heavy atom. The summed E-state index contributed by atoms with van der Waals surface area (Å²) < 4.78 is 25.5. The zero-order valence-electron chi connectivity index (χ0n) is 10.5. The molecule has 2 aliphatic rings. The van der Waals surface area contributed by atoms with Crippen LogP contribution >= 0.6 is 0 Å². The number of carboxylic acids is 1. The fourth-order valence-corrected chi connectivity index (χ4v) is 4.61. The average molecular weight is 275 g/mol. The molecule has 0 amide bonds. The molecule has 1 aliphatic carbocycles. The molecule has 2 rings (SSSR count). The Hall–Kier alpha value is -0.620. The van der Waals surface area contributed by atoms with Crippen LogP contribution in [0.1, 0.15) is 38.5 Å². The largest absolute Gasteiger partial charge is 0.481 e. The first-order chi connectivity index (χ1) is 8.49. The molecule has 1 saturated carbocycles. The molecule has 1 N–H and O–H groups in total. The Kier molecular flexibility index (Phi) is 4.27. The van der Waals surface area contributed by atoms with E-state index in [1.807, 2.05) is 0 Å². The van der Waals surface area contributed by atoms with Crippen LogP contribution in [0.5, 0.6) is 0 Å². The number of sulfonamides is 1. The number of carbonyl (C=O) groups is 1. The van der Waals surface area contributed by atoms with E-state index in [0.717, 1.165) is 19.3 Å². The molecule has 1 heterocycles. The smallest absolute Gasteiger partial charge is 0.307 e. The zero-order chi connectivity index (χ0) is 13.2. The third kappa shape index (κ3) is 3.23. The van der Waals surface area contributed by atoms with Crippen molar-refractivity contribution in [2.45, 2.75) is 38.5 Å². The number of rotatable bonds is 5. The van der Waals surface area contributed by atoms with Gasteiger partial charge in [0.2, 0.25) is 10.0 Å². The molecule has 1 atom stereocenters. The molecule has 1 saturated heterocycles. The summed E-state index contributed by atoms with van der Waals surface area (Å²) in [5, 5.41) is 8.88. The second-order valence-corrected chi connectivity index (χ2v) is 7.53. The van der Waals surface area contributed by atoms with Crippen LogP contribution in [-0.2, 0) is 14.8 Å². The van der Waals surface area contributed by atoms with E-state index in [9.17, 15) is 13.2 Å². The molecule has 104 valence electrons. The molecular formula is C12H21NO4S. The summed E-state index contributed by atoms with van der Waals surface area (Å²) in [6.07, 6.45) is 5.90. The summed E-state index contributed by atoms with van der Waals surface area (Å²) in [4.78, 5) is 10.8. The molecule has 0 aromatic rings.